The van der Waals surface area contributed by atoms with Gasteiger partial charge in [0.05, 0.1) is 16.6 Å². The van der Waals surface area contributed by atoms with Gasteiger partial charge in [0.1, 0.15) is 0 Å². The summed E-state index contributed by atoms with van der Waals surface area (Å²) in [5.74, 6) is 0.444. The van der Waals surface area contributed by atoms with Crippen molar-refractivity contribution in [3.05, 3.63) is 10.7 Å². The molecule has 5 heteroatoms. The molecular formula is C7H12BrN3O. The van der Waals surface area contributed by atoms with E-state index in [1.807, 2.05) is 0 Å². The van der Waals surface area contributed by atoms with E-state index in [1.165, 1.54) is 0 Å². The van der Waals surface area contributed by atoms with Crippen LogP contribution in [-0.2, 0) is 6.54 Å². The van der Waals surface area contributed by atoms with Gasteiger partial charge >= 0.3 is 0 Å². The molecule has 3 N–H and O–H groups in total. The molecule has 1 heterocycles. The average molecular weight is 234 g/mol. The van der Waals surface area contributed by atoms with Crippen LogP contribution in [0.2, 0.25) is 0 Å². The third kappa shape index (κ3) is 2.49. The SMILES string of the molecule is CC(C)(O)Cn1cc(Br)c(N)n1. The number of hydrogen-bond donors (Lipinski definition) is 2. The number of rotatable bonds is 2. The van der Waals surface area contributed by atoms with Crippen molar-refractivity contribution in [1.82, 2.24) is 9.78 Å². The highest BCUT2D eigenvalue weighted by molar-refractivity contribution is 9.10. The Labute approximate surface area is 79.5 Å². The summed E-state index contributed by atoms with van der Waals surface area (Å²) >= 11 is 3.23. The Morgan fingerprint density at radius 1 is 1.75 bits per heavy atom. The van der Waals surface area contributed by atoms with Crippen LogP contribution in [0.1, 0.15) is 13.8 Å². The molecule has 4 nitrogen and oxygen atoms in total. The Morgan fingerprint density at radius 3 is 2.67 bits per heavy atom. The van der Waals surface area contributed by atoms with Crippen LogP contribution in [0, 0.1) is 0 Å². The molecule has 0 fully saturated rings. The molecule has 12 heavy (non-hydrogen) atoms. The molecule has 0 spiro atoms. The predicted molar refractivity (Wildman–Crippen MR) is 50.6 cm³/mol. The van der Waals surface area contributed by atoms with Gasteiger partial charge in [0.2, 0.25) is 0 Å². The van der Waals surface area contributed by atoms with Crippen molar-refractivity contribution in [2.45, 2.75) is 26.0 Å². The average Bonchev–Trinajstić information content (AvgIpc) is 2.07. The van der Waals surface area contributed by atoms with Crippen LogP contribution in [-0.4, -0.2) is 20.5 Å². The normalized spacial score (nSPS) is 12.0. The molecule has 1 aromatic heterocycles. The van der Waals surface area contributed by atoms with E-state index in [0.717, 1.165) is 4.47 Å². The van der Waals surface area contributed by atoms with Crippen molar-refractivity contribution < 1.29 is 5.11 Å². The zero-order valence-corrected chi connectivity index (χ0v) is 8.67. The molecule has 1 rings (SSSR count). The second-order valence-corrected chi connectivity index (χ2v) is 4.23. The number of hydrogen-bond acceptors (Lipinski definition) is 3. The first-order chi connectivity index (χ1) is 5.38. The lowest BCUT2D eigenvalue weighted by Gasteiger charge is -2.16. The lowest BCUT2D eigenvalue weighted by molar-refractivity contribution is 0.0578. The summed E-state index contributed by atoms with van der Waals surface area (Å²) in [5, 5.41) is 13.4. The van der Waals surface area contributed by atoms with Crippen molar-refractivity contribution in [3.63, 3.8) is 0 Å². The third-order valence-corrected chi connectivity index (χ3v) is 1.90. The number of anilines is 1. The highest BCUT2D eigenvalue weighted by Gasteiger charge is 2.14. The van der Waals surface area contributed by atoms with Gasteiger partial charge in [-0.15, -0.1) is 0 Å². The smallest absolute Gasteiger partial charge is 0.159 e. The maximum atomic E-state index is 9.45. The first-order valence-corrected chi connectivity index (χ1v) is 4.38. The Bertz CT molecular complexity index is 257. The number of nitrogen functional groups attached to an aromatic ring is 1. The van der Waals surface area contributed by atoms with Gasteiger partial charge in [-0.25, -0.2) is 0 Å². The van der Waals surface area contributed by atoms with Gasteiger partial charge in [-0.3, -0.25) is 4.68 Å². The van der Waals surface area contributed by atoms with Gasteiger partial charge in [-0.1, -0.05) is 0 Å². The van der Waals surface area contributed by atoms with Crippen molar-refractivity contribution in [3.8, 4) is 0 Å². The van der Waals surface area contributed by atoms with E-state index in [4.69, 9.17) is 5.73 Å². The highest BCUT2D eigenvalue weighted by atomic mass is 79.9. The van der Waals surface area contributed by atoms with Crippen molar-refractivity contribution >= 4 is 21.7 Å². The van der Waals surface area contributed by atoms with E-state index in [-0.39, 0.29) is 0 Å². The van der Waals surface area contributed by atoms with Crippen LogP contribution in [0.3, 0.4) is 0 Å². The number of aliphatic hydroxyl groups is 1. The summed E-state index contributed by atoms with van der Waals surface area (Å²) in [6.07, 6.45) is 1.74. The van der Waals surface area contributed by atoms with Crippen LogP contribution in [0.4, 0.5) is 5.82 Å². The fourth-order valence-corrected chi connectivity index (χ4v) is 1.21. The Balaban J connectivity index is 2.77. The molecule has 0 aromatic carbocycles. The van der Waals surface area contributed by atoms with E-state index < -0.39 is 5.60 Å². The van der Waals surface area contributed by atoms with E-state index >= 15 is 0 Å². The largest absolute Gasteiger partial charge is 0.389 e. The van der Waals surface area contributed by atoms with E-state index in [9.17, 15) is 5.11 Å². The number of aromatic nitrogens is 2. The van der Waals surface area contributed by atoms with Gasteiger partial charge in [-0.2, -0.15) is 5.10 Å². The van der Waals surface area contributed by atoms with Gasteiger partial charge in [0.25, 0.3) is 0 Å². The fourth-order valence-electron chi connectivity index (χ4n) is 0.889. The van der Waals surface area contributed by atoms with E-state index in [2.05, 4.69) is 21.0 Å². The second kappa shape index (κ2) is 3.06. The molecule has 0 radical (unpaired) electrons. The van der Waals surface area contributed by atoms with Crippen molar-refractivity contribution in [2.75, 3.05) is 5.73 Å². The minimum absolute atomic E-state index is 0.433. The fraction of sp³-hybridized carbons (Fsp3) is 0.571. The molecule has 0 aliphatic rings. The molecule has 1 aromatic rings. The number of nitrogens with zero attached hydrogens (tertiary/aromatic N) is 2. The number of halogens is 1. The van der Waals surface area contributed by atoms with Crippen LogP contribution < -0.4 is 5.73 Å². The Morgan fingerprint density at radius 2 is 2.33 bits per heavy atom. The van der Waals surface area contributed by atoms with Crippen molar-refractivity contribution in [2.24, 2.45) is 0 Å². The molecule has 0 atom stereocenters. The van der Waals surface area contributed by atoms with Gasteiger partial charge in [-0.05, 0) is 29.8 Å². The topological polar surface area (TPSA) is 64.1 Å². The van der Waals surface area contributed by atoms with Crippen molar-refractivity contribution in [1.29, 1.82) is 0 Å². The monoisotopic (exact) mass is 233 g/mol. The standard InChI is InChI=1S/C7H12BrN3O/c1-7(2,12)4-11-3-5(8)6(9)10-11/h3,12H,4H2,1-2H3,(H2,9,10). The van der Waals surface area contributed by atoms with Crippen LogP contribution >= 0.6 is 15.9 Å². The number of nitrogens with two attached hydrogens (primary N) is 1. The summed E-state index contributed by atoms with van der Waals surface area (Å²) in [5.41, 5.74) is 4.73. The zero-order valence-electron chi connectivity index (χ0n) is 7.08. The van der Waals surface area contributed by atoms with Gasteiger partial charge in [0, 0.05) is 6.20 Å². The maximum absolute atomic E-state index is 9.45. The second-order valence-electron chi connectivity index (χ2n) is 3.37. The Hall–Kier alpha value is -0.550. The first-order valence-electron chi connectivity index (χ1n) is 3.59. The summed E-state index contributed by atoms with van der Waals surface area (Å²) in [6.45, 7) is 3.88. The van der Waals surface area contributed by atoms with Gasteiger partial charge < -0.3 is 10.8 Å². The minimum atomic E-state index is -0.766. The summed E-state index contributed by atoms with van der Waals surface area (Å²) < 4.78 is 2.37. The summed E-state index contributed by atoms with van der Waals surface area (Å²) in [7, 11) is 0. The van der Waals surface area contributed by atoms with E-state index in [0.29, 0.717) is 12.4 Å². The Kier molecular flexibility index (Phi) is 2.44. The van der Waals surface area contributed by atoms with Crippen LogP contribution in [0.5, 0.6) is 0 Å². The summed E-state index contributed by atoms with van der Waals surface area (Å²) in [4.78, 5) is 0. The van der Waals surface area contributed by atoms with Gasteiger partial charge in [0.15, 0.2) is 5.82 Å². The molecule has 68 valence electrons. The molecule has 0 aliphatic heterocycles. The van der Waals surface area contributed by atoms with Crippen LogP contribution in [0.25, 0.3) is 0 Å². The molecular weight excluding hydrogens is 222 g/mol. The maximum Gasteiger partial charge on any atom is 0.159 e. The molecule has 0 aliphatic carbocycles. The zero-order chi connectivity index (χ0) is 9.35. The van der Waals surface area contributed by atoms with E-state index in [1.54, 1.807) is 24.7 Å². The highest BCUT2D eigenvalue weighted by Crippen LogP contribution is 2.17. The lowest BCUT2D eigenvalue weighted by atomic mass is 10.1. The first kappa shape index (κ1) is 9.54. The lowest BCUT2D eigenvalue weighted by Crippen LogP contribution is -2.26. The quantitative estimate of drug-likeness (QED) is 0.802. The third-order valence-electron chi connectivity index (χ3n) is 1.29. The molecule has 0 bridgehead atoms. The minimum Gasteiger partial charge on any atom is -0.389 e. The molecule has 0 amide bonds. The van der Waals surface area contributed by atoms with Crippen LogP contribution in [0.15, 0.2) is 10.7 Å². The molecule has 0 saturated heterocycles. The summed E-state index contributed by atoms with van der Waals surface area (Å²) in [6, 6.07) is 0. The molecule has 0 unspecified atom stereocenters. The predicted octanol–water partition coefficient (Wildman–Crippen LogP) is 0.999. The molecule has 0 saturated carbocycles.